The summed E-state index contributed by atoms with van der Waals surface area (Å²) in [6, 6.07) is 4.05. The predicted molar refractivity (Wildman–Crippen MR) is 112 cm³/mol. The first-order valence-corrected chi connectivity index (χ1v) is 9.73. The highest BCUT2D eigenvalue weighted by atomic mass is 16.2. The van der Waals surface area contributed by atoms with Crippen LogP contribution >= 0.6 is 0 Å². The van der Waals surface area contributed by atoms with Gasteiger partial charge in [-0.3, -0.25) is 29.1 Å². The highest BCUT2D eigenvalue weighted by Crippen LogP contribution is 2.24. The number of nitrogens with zero attached hydrogens (tertiary/aromatic N) is 4. The number of hydrogen-bond donors (Lipinski definition) is 2. The summed E-state index contributed by atoms with van der Waals surface area (Å²) in [7, 11) is 0. The molecule has 10 nitrogen and oxygen atoms in total. The Labute approximate surface area is 176 Å². The van der Waals surface area contributed by atoms with Crippen molar-refractivity contribution in [2.24, 2.45) is 0 Å². The van der Waals surface area contributed by atoms with E-state index in [9.17, 15) is 19.2 Å². The second-order valence-electron chi connectivity index (χ2n) is 7.37. The molecular weight excluding hydrogens is 400 g/mol. The number of amides is 3. The van der Waals surface area contributed by atoms with Crippen molar-refractivity contribution in [3.8, 4) is 0 Å². The van der Waals surface area contributed by atoms with Gasteiger partial charge < -0.3 is 5.32 Å². The highest BCUT2D eigenvalue weighted by Gasteiger charge is 2.30. The number of carbonyl (C=O) groups is 3. The number of imide groups is 1. The van der Waals surface area contributed by atoms with Crippen LogP contribution in [-0.2, 0) is 9.59 Å². The van der Waals surface area contributed by atoms with E-state index in [-0.39, 0.29) is 24.1 Å². The van der Waals surface area contributed by atoms with E-state index < -0.39 is 23.4 Å². The summed E-state index contributed by atoms with van der Waals surface area (Å²) >= 11 is 0. The van der Waals surface area contributed by atoms with Crippen molar-refractivity contribution in [2.45, 2.75) is 39.7 Å². The smallest absolute Gasteiger partial charge is 0.262 e. The standard InChI is InChI=1S/C21H20N6O4/c1-10-14(9-22-11(2)23-10)19(29)25-15-6-4-5-13-18(15)24-12(3)27(21(13)31)16-7-8-17(28)26-20(16)30/h4-6,9,16H,7-8H2,1-3H3,(H,25,29)(H,26,28,30). The molecule has 0 aliphatic carbocycles. The zero-order valence-corrected chi connectivity index (χ0v) is 17.2. The molecule has 4 rings (SSSR count). The fourth-order valence-electron chi connectivity index (χ4n) is 3.72. The summed E-state index contributed by atoms with van der Waals surface area (Å²) < 4.78 is 1.30. The van der Waals surface area contributed by atoms with Crippen LogP contribution in [0.4, 0.5) is 5.69 Å². The van der Waals surface area contributed by atoms with Gasteiger partial charge in [-0.05, 0) is 39.3 Å². The minimum atomic E-state index is -0.812. The Balaban J connectivity index is 1.76. The van der Waals surface area contributed by atoms with Gasteiger partial charge in [-0.1, -0.05) is 6.07 Å². The maximum absolute atomic E-state index is 13.2. The van der Waals surface area contributed by atoms with Crippen molar-refractivity contribution < 1.29 is 14.4 Å². The lowest BCUT2D eigenvalue weighted by Crippen LogP contribution is -2.45. The molecule has 1 aliphatic heterocycles. The largest absolute Gasteiger partial charge is 0.320 e. The molecule has 1 saturated heterocycles. The first kappa shape index (κ1) is 20.3. The van der Waals surface area contributed by atoms with Gasteiger partial charge in [0.2, 0.25) is 11.8 Å². The first-order chi connectivity index (χ1) is 14.8. The van der Waals surface area contributed by atoms with E-state index >= 15 is 0 Å². The van der Waals surface area contributed by atoms with Crippen LogP contribution in [0.5, 0.6) is 0 Å². The lowest BCUT2D eigenvalue weighted by Gasteiger charge is -2.24. The van der Waals surface area contributed by atoms with Crippen molar-refractivity contribution in [1.82, 2.24) is 24.8 Å². The minimum Gasteiger partial charge on any atom is -0.320 e. The fraction of sp³-hybridized carbons (Fsp3) is 0.286. The number of aryl methyl sites for hydroxylation is 3. The van der Waals surface area contributed by atoms with Crippen LogP contribution in [0.2, 0.25) is 0 Å². The van der Waals surface area contributed by atoms with Crippen molar-refractivity contribution >= 4 is 34.3 Å². The second kappa shape index (κ2) is 7.71. The zero-order valence-electron chi connectivity index (χ0n) is 17.2. The number of fused-ring (bicyclic) bond motifs is 1. The molecule has 0 radical (unpaired) electrons. The van der Waals surface area contributed by atoms with Crippen LogP contribution in [-0.4, -0.2) is 37.2 Å². The van der Waals surface area contributed by atoms with Crippen LogP contribution in [0, 0.1) is 20.8 Å². The van der Waals surface area contributed by atoms with Crippen LogP contribution in [0.25, 0.3) is 10.9 Å². The molecule has 2 N–H and O–H groups in total. The van der Waals surface area contributed by atoms with Gasteiger partial charge >= 0.3 is 0 Å². The van der Waals surface area contributed by atoms with E-state index in [1.54, 1.807) is 39.0 Å². The summed E-state index contributed by atoms with van der Waals surface area (Å²) in [5.74, 6) is -0.434. The molecule has 1 fully saturated rings. The van der Waals surface area contributed by atoms with Gasteiger partial charge in [-0.2, -0.15) is 0 Å². The number of rotatable bonds is 3. The molecule has 3 heterocycles. The van der Waals surface area contributed by atoms with Gasteiger partial charge in [0.15, 0.2) is 0 Å². The number of para-hydroxylation sites is 1. The quantitative estimate of drug-likeness (QED) is 0.610. The van der Waals surface area contributed by atoms with Gasteiger partial charge in [0.1, 0.15) is 23.2 Å². The Hall–Kier alpha value is -3.95. The van der Waals surface area contributed by atoms with Crippen LogP contribution < -0.4 is 16.2 Å². The molecule has 10 heteroatoms. The highest BCUT2D eigenvalue weighted by molar-refractivity contribution is 6.08. The fourth-order valence-corrected chi connectivity index (χ4v) is 3.72. The minimum absolute atomic E-state index is 0.147. The Bertz CT molecular complexity index is 1310. The molecule has 2 aromatic heterocycles. The monoisotopic (exact) mass is 420 g/mol. The third-order valence-electron chi connectivity index (χ3n) is 5.22. The molecule has 1 aromatic carbocycles. The Morgan fingerprint density at radius 3 is 2.65 bits per heavy atom. The number of carbonyl (C=O) groups excluding carboxylic acids is 3. The van der Waals surface area contributed by atoms with Gasteiger partial charge in [0.25, 0.3) is 11.5 Å². The molecule has 1 aliphatic rings. The molecule has 3 amide bonds. The lowest BCUT2D eigenvalue weighted by atomic mass is 10.1. The number of nitrogens with one attached hydrogen (secondary N) is 2. The molecule has 31 heavy (non-hydrogen) atoms. The third kappa shape index (κ3) is 3.67. The van der Waals surface area contributed by atoms with E-state index in [1.807, 2.05) is 0 Å². The van der Waals surface area contributed by atoms with E-state index in [4.69, 9.17) is 0 Å². The topological polar surface area (TPSA) is 136 Å². The van der Waals surface area contributed by atoms with Gasteiger partial charge in [-0.25, -0.2) is 15.0 Å². The zero-order chi connectivity index (χ0) is 22.3. The van der Waals surface area contributed by atoms with Gasteiger partial charge in [0, 0.05) is 12.6 Å². The number of hydrogen-bond acceptors (Lipinski definition) is 7. The molecule has 0 saturated carbocycles. The molecule has 0 spiro atoms. The molecule has 3 aromatic rings. The summed E-state index contributed by atoms with van der Waals surface area (Å²) in [5, 5.41) is 5.29. The first-order valence-electron chi connectivity index (χ1n) is 9.73. The average molecular weight is 420 g/mol. The molecule has 1 unspecified atom stereocenters. The number of aromatic nitrogens is 4. The predicted octanol–water partition coefficient (Wildman–Crippen LogP) is 1.34. The van der Waals surface area contributed by atoms with Crippen molar-refractivity contribution in [1.29, 1.82) is 0 Å². The average Bonchev–Trinajstić information content (AvgIpc) is 2.70. The maximum Gasteiger partial charge on any atom is 0.262 e. The number of anilines is 1. The molecule has 1 atom stereocenters. The molecular formula is C21H20N6O4. The van der Waals surface area contributed by atoms with E-state index in [0.29, 0.717) is 34.1 Å². The SMILES string of the molecule is Cc1ncc(C(=O)Nc2cccc3c(=O)n(C4CCC(=O)NC4=O)c(C)nc23)c(C)n1. The summed E-state index contributed by atoms with van der Waals surface area (Å²) in [6.07, 6.45) is 1.82. The Morgan fingerprint density at radius 2 is 1.94 bits per heavy atom. The van der Waals surface area contributed by atoms with Crippen LogP contribution in [0.1, 0.15) is 46.6 Å². The third-order valence-corrected chi connectivity index (χ3v) is 5.22. The maximum atomic E-state index is 13.2. The lowest BCUT2D eigenvalue weighted by molar-refractivity contribution is -0.135. The molecule has 0 bridgehead atoms. The summed E-state index contributed by atoms with van der Waals surface area (Å²) in [4.78, 5) is 62.5. The Kier molecular flexibility index (Phi) is 5.05. The number of piperidine rings is 1. The van der Waals surface area contributed by atoms with E-state index in [2.05, 4.69) is 25.6 Å². The van der Waals surface area contributed by atoms with Crippen molar-refractivity contribution in [3.63, 3.8) is 0 Å². The van der Waals surface area contributed by atoms with E-state index in [0.717, 1.165) is 0 Å². The van der Waals surface area contributed by atoms with Crippen molar-refractivity contribution in [3.05, 3.63) is 57.7 Å². The van der Waals surface area contributed by atoms with Crippen LogP contribution in [0.3, 0.4) is 0 Å². The normalized spacial score (nSPS) is 16.3. The van der Waals surface area contributed by atoms with E-state index in [1.165, 1.54) is 10.8 Å². The molecule has 158 valence electrons. The van der Waals surface area contributed by atoms with Crippen molar-refractivity contribution in [2.75, 3.05) is 5.32 Å². The summed E-state index contributed by atoms with van der Waals surface area (Å²) in [6.45, 7) is 5.06. The second-order valence-corrected chi connectivity index (χ2v) is 7.37. The van der Waals surface area contributed by atoms with Gasteiger partial charge in [-0.15, -0.1) is 0 Å². The summed E-state index contributed by atoms with van der Waals surface area (Å²) in [5.41, 5.74) is 1.11. The van der Waals surface area contributed by atoms with Gasteiger partial charge in [0.05, 0.1) is 22.3 Å². The van der Waals surface area contributed by atoms with Crippen LogP contribution in [0.15, 0.2) is 29.2 Å². The number of benzene rings is 1. The Morgan fingerprint density at radius 1 is 1.16 bits per heavy atom.